The highest BCUT2D eigenvalue weighted by Gasteiger charge is 2.44. The number of benzene rings is 2. The van der Waals surface area contributed by atoms with Gasteiger partial charge >= 0.3 is 0 Å². The van der Waals surface area contributed by atoms with E-state index in [9.17, 15) is 17.6 Å². The summed E-state index contributed by atoms with van der Waals surface area (Å²) in [4.78, 5) is 11.8. The second kappa shape index (κ2) is 7.40. The first kappa shape index (κ1) is 19.5. The van der Waals surface area contributed by atoms with Crippen LogP contribution in [0.15, 0.2) is 53.4 Å². The largest absolute Gasteiger partial charge is 0.326 e. The number of rotatable bonds is 7. The average Bonchev–Trinajstić information content (AvgIpc) is 3.42. The van der Waals surface area contributed by atoms with Crippen molar-refractivity contribution in [1.29, 1.82) is 0 Å². The van der Waals surface area contributed by atoms with E-state index in [0.717, 1.165) is 18.4 Å². The van der Waals surface area contributed by atoms with Gasteiger partial charge in [0, 0.05) is 23.6 Å². The summed E-state index contributed by atoms with van der Waals surface area (Å²) in [6, 6.07) is 12.3. The van der Waals surface area contributed by atoms with Gasteiger partial charge in [-0.05, 0) is 54.8 Å². The molecule has 144 valence electrons. The molecule has 27 heavy (non-hydrogen) atoms. The van der Waals surface area contributed by atoms with E-state index in [1.165, 1.54) is 24.3 Å². The molecular formula is C20H23FN2O3S. The van der Waals surface area contributed by atoms with Gasteiger partial charge in [-0.25, -0.2) is 17.5 Å². The van der Waals surface area contributed by atoms with E-state index in [0.29, 0.717) is 5.69 Å². The van der Waals surface area contributed by atoms with Crippen molar-refractivity contribution in [2.45, 2.75) is 37.0 Å². The van der Waals surface area contributed by atoms with Gasteiger partial charge in [-0.3, -0.25) is 4.79 Å². The van der Waals surface area contributed by atoms with Gasteiger partial charge in [-0.1, -0.05) is 26.0 Å². The van der Waals surface area contributed by atoms with E-state index in [1.807, 2.05) is 0 Å². The third kappa shape index (κ3) is 4.54. The molecule has 7 heteroatoms. The summed E-state index contributed by atoms with van der Waals surface area (Å²) in [5.74, 6) is -0.588. The molecule has 1 amide bonds. The third-order valence-electron chi connectivity index (χ3n) is 4.87. The number of carbonyl (C=O) groups is 1. The van der Waals surface area contributed by atoms with Crippen LogP contribution >= 0.6 is 0 Å². The van der Waals surface area contributed by atoms with Crippen molar-refractivity contribution in [3.63, 3.8) is 0 Å². The van der Waals surface area contributed by atoms with Gasteiger partial charge in [0.25, 0.3) is 0 Å². The number of amides is 1. The van der Waals surface area contributed by atoms with E-state index in [2.05, 4.69) is 10.0 Å². The van der Waals surface area contributed by atoms with Crippen molar-refractivity contribution in [1.82, 2.24) is 4.72 Å². The van der Waals surface area contributed by atoms with E-state index >= 15 is 0 Å². The Kier molecular flexibility index (Phi) is 5.35. The van der Waals surface area contributed by atoms with Crippen LogP contribution < -0.4 is 10.0 Å². The van der Waals surface area contributed by atoms with Crippen molar-refractivity contribution in [3.05, 3.63) is 59.9 Å². The molecule has 0 unspecified atom stereocenters. The maximum atomic E-state index is 13.1. The molecule has 1 aliphatic rings. The summed E-state index contributed by atoms with van der Waals surface area (Å²) in [5, 5.41) is 2.73. The fourth-order valence-corrected chi connectivity index (χ4v) is 3.97. The summed E-state index contributed by atoms with van der Waals surface area (Å²) >= 11 is 0. The topological polar surface area (TPSA) is 75.3 Å². The Morgan fingerprint density at radius 2 is 1.67 bits per heavy atom. The Labute approximate surface area is 159 Å². The van der Waals surface area contributed by atoms with Crippen LogP contribution in [0.4, 0.5) is 10.1 Å². The number of hydrogen-bond acceptors (Lipinski definition) is 3. The Bertz CT molecular complexity index is 919. The predicted molar refractivity (Wildman–Crippen MR) is 102 cm³/mol. The fourth-order valence-electron chi connectivity index (χ4n) is 2.84. The second-order valence-electron chi connectivity index (χ2n) is 7.28. The van der Waals surface area contributed by atoms with E-state index < -0.39 is 10.0 Å². The van der Waals surface area contributed by atoms with E-state index in [-0.39, 0.29) is 34.5 Å². The van der Waals surface area contributed by atoms with Gasteiger partial charge in [0.1, 0.15) is 5.82 Å². The fraction of sp³-hybridized carbons (Fsp3) is 0.350. The highest BCUT2D eigenvalue weighted by molar-refractivity contribution is 7.89. The lowest BCUT2D eigenvalue weighted by atomic mass is 9.96. The first-order valence-corrected chi connectivity index (χ1v) is 10.4. The highest BCUT2D eigenvalue weighted by atomic mass is 32.2. The van der Waals surface area contributed by atoms with Gasteiger partial charge in [-0.15, -0.1) is 0 Å². The number of nitrogens with one attached hydrogen (secondary N) is 2. The summed E-state index contributed by atoms with van der Waals surface area (Å²) in [6.07, 6.45) is 1.72. The Balaban J connectivity index is 1.66. The van der Waals surface area contributed by atoms with Crippen LogP contribution in [0.2, 0.25) is 0 Å². The van der Waals surface area contributed by atoms with Gasteiger partial charge in [0.2, 0.25) is 15.9 Å². The maximum Gasteiger partial charge on any atom is 0.240 e. The van der Waals surface area contributed by atoms with Crippen molar-refractivity contribution in [2.24, 2.45) is 5.92 Å². The minimum atomic E-state index is -3.67. The van der Waals surface area contributed by atoms with Crippen molar-refractivity contribution >= 4 is 21.6 Å². The molecule has 2 aromatic rings. The minimum absolute atomic E-state index is 0.126. The molecule has 0 bridgehead atoms. The Morgan fingerprint density at radius 3 is 2.19 bits per heavy atom. The average molecular weight is 390 g/mol. The Hall–Kier alpha value is -2.25. The molecule has 1 aliphatic carbocycles. The SMILES string of the molecule is CC(C)C(=O)Nc1ccc(S(=O)(=O)NCC2(c3ccc(F)cc3)CC2)cc1. The van der Waals surface area contributed by atoms with Crippen molar-refractivity contribution in [2.75, 3.05) is 11.9 Å². The lowest BCUT2D eigenvalue weighted by molar-refractivity contribution is -0.118. The molecule has 2 aromatic carbocycles. The van der Waals surface area contributed by atoms with Crippen LogP contribution in [0, 0.1) is 11.7 Å². The second-order valence-corrected chi connectivity index (χ2v) is 9.05. The molecule has 2 N–H and O–H groups in total. The summed E-state index contributed by atoms with van der Waals surface area (Å²) in [6.45, 7) is 3.84. The molecule has 5 nitrogen and oxygen atoms in total. The summed E-state index contributed by atoms with van der Waals surface area (Å²) < 4.78 is 40.9. The smallest absolute Gasteiger partial charge is 0.240 e. The number of hydrogen-bond donors (Lipinski definition) is 2. The molecule has 1 saturated carbocycles. The van der Waals surface area contributed by atoms with Gasteiger partial charge in [0.15, 0.2) is 0 Å². The lowest BCUT2D eigenvalue weighted by Crippen LogP contribution is -2.32. The lowest BCUT2D eigenvalue weighted by Gasteiger charge is -2.17. The maximum absolute atomic E-state index is 13.1. The number of sulfonamides is 1. The minimum Gasteiger partial charge on any atom is -0.326 e. The zero-order valence-electron chi connectivity index (χ0n) is 15.3. The van der Waals surface area contributed by atoms with Gasteiger partial charge in [-0.2, -0.15) is 0 Å². The quantitative estimate of drug-likeness (QED) is 0.761. The number of halogens is 1. The molecule has 0 atom stereocenters. The number of anilines is 1. The van der Waals surface area contributed by atoms with Gasteiger partial charge in [0.05, 0.1) is 4.90 Å². The molecule has 0 aliphatic heterocycles. The molecule has 1 fully saturated rings. The van der Waals surface area contributed by atoms with Crippen LogP contribution in [-0.2, 0) is 20.2 Å². The van der Waals surface area contributed by atoms with Crippen LogP contribution in [0.25, 0.3) is 0 Å². The molecular weight excluding hydrogens is 367 g/mol. The third-order valence-corrected chi connectivity index (χ3v) is 6.28. The zero-order valence-corrected chi connectivity index (χ0v) is 16.1. The standard InChI is InChI=1S/C20H23FN2O3S/c1-14(2)19(24)23-17-7-9-18(10-8-17)27(25,26)22-13-20(11-12-20)15-3-5-16(21)6-4-15/h3-10,14,22H,11-13H2,1-2H3,(H,23,24). The first-order chi connectivity index (χ1) is 12.7. The molecule has 0 aromatic heterocycles. The van der Waals surface area contributed by atoms with Crippen LogP contribution in [0.3, 0.4) is 0 Å². The number of carbonyl (C=O) groups excluding carboxylic acids is 1. The van der Waals surface area contributed by atoms with Gasteiger partial charge < -0.3 is 5.32 Å². The van der Waals surface area contributed by atoms with Crippen molar-refractivity contribution < 1.29 is 17.6 Å². The van der Waals surface area contributed by atoms with Crippen LogP contribution in [0.1, 0.15) is 32.3 Å². The van der Waals surface area contributed by atoms with Crippen LogP contribution in [0.5, 0.6) is 0 Å². The predicted octanol–water partition coefficient (Wildman–Crippen LogP) is 3.43. The molecule has 0 heterocycles. The van der Waals surface area contributed by atoms with E-state index in [4.69, 9.17) is 0 Å². The monoisotopic (exact) mass is 390 g/mol. The van der Waals surface area contributed by atoms with Crippen LogP contribution in [-0.4, -0.2) is 20.9 Å². The summed E-state index contributed by atoms with van der Waals surface area (Å²) in [7, 11) is -3.67. The van der Waals surface area contributed by atoms with E-state index in [1.54, 1.807) is 38.1 Å². The molecule has 3 rings (SSSR count). The normalized spacial score (nSPS) is 15.6. The molecule has 0 radical (unpaired) electrons. The highest BCUT2D eigenvalue weighted by Crippen LogP contribution is 2.47. The molecule has 0 saturated heterocycles. The Morgan fingerprint density at radius 1 is 1.07 bits per heavy atom. The molecule has 0 spiro atoms. The van der Waals surface area contributed by atoms with Crippen molar-refractivity contribution in [3.8, 4) is 0 Å². The first-order valence-electron chi connectivity index (χ1n) is 8.89. The zero-order chi connectivity index (χ0) is 19.7. The summed E-state index contributed by atoms with van der Waals surface area (Å²) in [5.41, 5.74) is 1.24.